The van der Waals surface area contributed by atoms with Gasteiger partial charge in [0, 0.05) is 5.71 Å². The molecule has 0 bridgehead atoms. The minimum Gasteiger partial charge on any atom is -0.481 e. The van der Waals surface area contributed by atoms with E-state index in [1.165, 1.54) is 0 Å². The zero-order valence-corrected chi connectivity index (χ0v) is 9.40. The Labute approximate surface area is 97.3 Å². The second-order valence-corrected chi connectivity index (χ2v) is 3.48. The summed E-state index contributed by atoms with van der Waals surface area (Å²) in [4.78, 5) is 10.3. The summed E-state index contributed by atoms with van der Waals surface area (Å²) in [5, 5.41) is 20.1. The highest BCUT2D eigenvalue weighted by Crippen LogP contribution is 2.06. The molecular formula is C9H11ClN4O2. The molecule has 0 aliphatic heterocycles. The lowest BCUT2D eigenvalue weighted by Gasteiger charge is -2.00. The maximum Gasteiger partial charge on any atom is 0.303 e. The Morgan fingerprint density at radius 3 is 2.81 bits per heavy atom. The van der Waals surface area contributed by atoms with Gasteiger partial charge in [0.25, 0.3) is 0 Å². The van der Waals surface area contributed by atoms with Crippen molar-refractivity contribution in [2.75, 3.05) is 5.43 Å². The summed E-state index contributed by atoms with van der Waals surface area (Å²) in [5.41, 5.74) is 3.34. The Balaban J connectivity index is 2.45. The molecule has 0 radical (unpaired) electrons. The Morgan fingerprint density at radius 1 is 1.50 bits per heavy atom. The topological polar surface area (TPSA) is 87.5 Å². The van der Waals surface area contributed by atoms with E-state index in [1.54, 1.807) is 19.1 Å². The van der Waals surface area contributed by atoms with Gasteiger partial charge in [0.1, 0.15) is 0 Å². The number of anilines is 1. The summed E-state index contributed by atoms with van der Waals surface area (Å²) >= 11 is 5.56. The molecule has 1 rings (SSSR count). The number of hydrogen-bond acceptors (Lipinski definition) is 5. The lowest BCUT2D eigenvalue weighted by molar-refractivity contribution is -0.136. The van der Waals surface area contributed by atoms with Crippen molar-refractivity contribution in [3.8, 4) is 0 Å². The number of nitrogens with zero attached hydrogens (tertiary/aromatic N) is 3. The Kier molecular flexibility index (Phi) is 4.65. The maximum absolute atomic E-state index is 10.3. The number of halogens is 1. The summed E-state index contributed by atoms with van der Waals surface area (Å²) < 4.78 is 0. The number of carboxylic acids is 1. The first-order valence-corrected chi connectivity index (χ1v) is 4.96. The van der Waals surface area contributed by atoms with Crippen LogP contribution in [0.2, 0.25) is 5.15 Å². The van der Waals surface area contributed by atoms with Gasteiger partial charge in [0.15, 0.2) is 11.0 Å². The van der Waals surface area contributed by atoms with Crippen LogP contribution in [0.15, 0.2) is 17.2 Å². The Morgan fingerprint density at radius 2 is 2.25 bits per heavy atom. The molecule has 2 N–H and O–H groups in total. The molecule has 1 aromatic heterocycles. The summed E-state index contributed by atoms with van der Waals surface area (Å²) in [6, 6.07) is 3.21. The number of carboxylic acid groups (broad SMARTS) is 1. The van der Waals surface area contributed by atoms with Gasteiger partial charge in [-0.15, -0.1) is 10.2 Å². The molecule has 1 heterocycles. The molecule has 0 fully saturated rings. The number of hydrazone groups is 1. The lowest BCUT2D eigenvalue weighted by atomic mass is 10.2. The van der Waals surface area contributed by atoms with E-state index in [4.69, 9.17) is 16.7 Å². The third-order valence-electron chi connectivity index (χ3n) is 1.69. The summed E-state index contributed by atoms with van der Waals surface area (Å²) in [7, 11) is 0. The van der Waals surface area contributed by atoms with Crippen molar-refractivity contribution in [3.05, 3.63) is 17.3 Å². The van der Waals surface area contributed by atoms with E-state index in [1.807, 2.05) is 0 Å². The van der Waals surface area contributed by atoms with Crippen LogP contribution in [-0.4, -0.2) is 27.0 Å². The van der Waals surface area contributed by atoms with E-state index < -0.39 is 5.97 Å². The van der Waals surface area contributed by atoms with E-state index in [9.17, 15) is 4.79 Å². The van der Waals surface area contributed by atoms with Gasteiger partial charge in [0.2, 0.25) is 0 Å². The Bertz CT molecular complexity index is 391. The predicted octanol–water partition coefficient (Wildman–Crippen LogP) is 1.78. The van der Waals surface area contributed by atoms with E-state index >= 15 is 0 Å². The van der Waals surface area contributed by atoms with Crippen LogP contribution in [0.5, 0.6) is 0 Å². The molecule has 6 nitrogen and oxygen atoms in total. The van der Waals surface area contributed by atoms with Gasteiger partial charge in [-0.2, -0.15) is 5.10 Å². The average molecular weight is 243 g/mol. The van der Waals surface area contributed by atoms with E-state index in [0.717, 1.165) is 0 Å². The molecular weight excluding hydrogens is 232 g/mol. The molecule has 7 heteroatoms. The van der Waals surface area contributed by atoms with E-state index in [2.05, 4.69) is 20.7 Å². The van der Waals surface area contributed by atoms with Crippen molar-refractivity contribution in [1.82, 2.24) is 10.2 Å². The zero-order chi connectivity index (χ0) is 12.0. The van der Waals surface area contributed by atoms with Crippen molar-refractivity contribution in [2.45, 2.75) is 19.8 Å². The second kappa shape index (κ2) is 6.02. The first kappa shape index (κ1) is 12.4. The number of aromatic nitrogens is 2. The van der Waals surface area contributed by atoms with Crippen LogP contribution >= 0.6 is 11.6 Å². The third kappa shape index (κ3) is 4.70. The minimum atomic E-state index is -0.846. The van der Waals surface area contributed by atoms with Crippen molar-refractivity contribution in [1.29, 1.82) is 0 Å². The second-order valence-electron chi connectivity index (χ2n) is 3.09. The molecule has 16 heavy (non-hydrogen) atoms. The maximum atomic E-state index is 10.3. The normalized spacial score (nSPS) is 11.2. The molecule has 0 aliphatic rings. The van der Waals surface area contributed by atoms with Gasteiger partial charge in [-0.05, 0) is 25.5 Å². The molecule has 0 unspecified atom stereocenters. The van der Waals surface area contributed by atoms with Crippen LogP contribution in [0.4, 0.5) is 5.82 Å². The highest BCUT2D eigenvalue weighted by Gasteiger charge is 1.99. The lowest BCUT2D eigenvalue weighted by Crippen LogP contribution is -2.03. The van der Waals surface area contributed by atoms with E-state index in [0.29, 0.717) is 23.1 Å². The monoisotopic (exact) mass is 242 g/mol. The predicted molar refractivity (Wildman–Crippen MR) is 60.6 cm³/mol. The highest BCUT2D eigenvalue weighted by molar-refractivity contribution is 6.29. The van der Waals surface area contributed by atoms with Crippen LogP contribution in [0.3, 0.4) is 0 Å². The van der Waals surface area contributed by atoms with Crippen LogP contribution in [0.1, 0.15) is 19.8 Å². The highest BCUT2D eigenvalue weighted by atomic mass is 35.5. The largest absolute Gasteiger partial charge is 0.481 e. The smallest absolute Gasteiger partial charge is 0.303 e. The molecule has 0 spiro atoms. The van der Waals surface area contributed by atoms with Gasteiger partial charge in [-0.25, -0.2) is 0 Å². The van der Waals surface area contributed by atoms with Gasteiger partial charge in [0.05, 0.1) is 6.42 Å². The van der Waals surface area contributed by atoms with Crippen LogP contribution in [-0.2, 0) is 4.79 Å². The zero-order valence-electron chi connectivity index (χ0n) is 8.64. The fourth-order valence-corrected chi connectivity index (χ4v) is 0.973. The average Bonchev–Trinajstić information content (AvgIpc) is 2.25. The fourth-order valence-electron chi connectivity index (χ4n) is 0.872. The van der Waals surface area contributed by atoms with Gasteiger partial charge >= 0.3 is 5.97 Å². The van der Waals surface area contributed by atoms with E-state index in [-0.39, 0.29) is 6.42 Å². The molecule has 0 aliphatic carbocycles. The van der Waals surface area contributed by atoms with Crippen LogP contribution in [0.25, 0.3) is 0 Å². The summed E-state index contributed by atoms with van der Waals surface area (Å²) in [6.07, 6.45) is 0.451. The molecule has 86 valence electrons. The van der Waals surface area contributed by atoms with Gasteiger partial charge < -0.3 is 5.11 Å². The molecule has 0 saturated heterocycles. The molecule has 0 amide bonds. The number of aliphatic carboxylic acids is 1. The SMILES string of the molecule is C/C(CCC(=O)O)=N\Nc1ccc(Cl)nn1. The number of carbonyl (C=O) groups is 1. The summed E-state index contributed by atoms with van der Waals surface area (Å²) in [5.74, 6) is -0.389. The first-order chi connectivity index (χ1) is 7.58. The summed E-state index contributed by atoms with van der Waals surface area (Å²) in [6.45, 7) is 1.74. The van der Waals surface area contributed by atoms with Crippen molar-refractivity contribution < 1.29 is 9.90 Å². The Hall–Kier alpha value is -1.69. The van der Waals surface area contributed by atoms with Crippen LogP contribution in [0, 0.1) is 0 Å². The number of hydrogen-bond donors (Lipinski definition) is 2. The quantitative estimate of drug-likeness (QED) is 0.607. The molecule has 0 saturated carbocycles. The fraction of sp³-hybridized carbons (Fsp3) is 0.333. The standard InChI is InChI=1S/C9H11ClN4O2/c1-6(2-5-9(15)16)11-13-8-4-3-7(10)12-14-8/h3-4H,2,5H2,1H3,(H,13,14)(H,15,16)/b11-6+. The number of nitrogens with one attached hydrogen (secondary N) is 1. The molecule has 1 aromatic rings. The number of rotatable bonds is 5. The van der Waals surface area contributed by atoms with Crippen molar-refractivity contribution >= 4 is 29.1 Å². The van der Waals surface area contributed by atoms with Gasteiger partial charge in [-0.1, -0.05) is 11.6 Å². The van der Waals surface area contributed by atoms with Gasteiger partial charge in [-0.3, -0.25) is 10.2 Å². The van der Waals surface area contributed by atoms with Crippen molar-refractivity contribution in [2.24, 2.45) is 5.10 Å². The third-order valence-corrected chi connectivity index (χ3v) is 1.90. The first-order valence-electron chi connectivity index (χ1n) is 4.58. The van der Waals surface area contributed by atoms with Crippen LogP contribution < -0.4 is 5.43 Å². The minimum absolute atomic E-state index is 0.0588. The molecule has 0 atom stereocenters. The molecule has 0 aromatic carbocycles. The van der Waals surface area contributed by atoms with Crippen molar-refractivity contribution in [3.63, 3.8) is 0 Å².